The summed E-state index contributed by atoms with van der Waals surface area (Å²) >= 11 is 5.49. The van der Waals surface area contributed by atoms with E-state index in [2.05, 4.69) is 227 Å². The Morgan fingerprint density at radius 1 is 0.359 bits per heavy atom. The van der Waals surface area contributed by atoms with Gasteiger partial charge >= 0.3 is 0 Å². The summed E-state index contributed by atoms with van der Waals surface area (Å²) in [6.07, 6.45) is 0. The fourth-order valence-electron chi connectivity index (χ4n) is 11.1. The Labute approximate surface area is 382 Å². The molecule has 300 valence electrons. The molecule has 0 atom stereocenters. The molecule has 3 heterocycles. The Balaban J connectivity index is 1.08. The van der Waals surface area contributed by atoms with E-state index in [0.29, 0.717) is 0 Å². The van der Waals surface area contributed by atoms with E-state index < -0.39 is 5.41 Å². The number of nitrogens with zero attached hydrogens (tertiary/aromatic N) is 2. The number of rotatable bonds is 6. The Morgan fingerprint density at radius 3 is 1.52 bits per heavy atom. The van der Waals surface area contributed by atoms with Gasteiger partial charge in [0.2, 0.25) is 0 Å². The van der Waals surface area contributed by atoms with E-state index in [4.69, 9.17) is 0 Å². The minimum Gasteiger partial charge on any atom is -0.301 e. The van der Waals surface area contributed by atoms with E-state index in [1.54, 1.807) is 22.7 Å². The molecule has 0 N–H and O–H groups in total. The predicted octanol–water partition coefficient (Wildman–Crippen LogP) is 17.8. The van der Waals surface area contributed by atoms with Gasteiger partial charge in [0.05, 0.1) is 26.8 Å². The van der Waals surface area contributed by atoms with Crippen LogP contribution in [-0.2, 0) is 5.41 Å². The Bertz CT molecular complexity index is 3640. The lowest BCUT2D eigenvalue weighted by molar-refractivity contribution is 0.794. The van der Waals surface area contributed by atoms with Crippen LogP contribution in [0.25, 0.3) is 64.0 Å². The highest BCUT2D eigenvalue weighted by Gasteiger charge is 2.53. The molecule has 5 heteroatoms. The SMILES string of the molecule is c1csc(N(c2ccc3c(c2)C2(c4cc(N(c5cccs5)c5cccc6ccccc56)ccc4-3)c3ccccc3-c3c2ccc2c3sc3ccccc32)c2cccc3ccccc23)c1. The van der Waals surface area contributed by atoms with Crippen molar-refractivity contribution < 1.29 is 0 Å². The van der Waals surface area contributed by atoms with Gasteiger partial charge in [-0.25, -0.2) is 0 Å². The molecule has 0 radical (unpaired) electrons. The number of anilines is 6. The molecule has 1 spiro atoms. The monoisotopic (exact) mass is 868 g/mol. The first-order valence-electron chi connectivity index (χ1n) is 21.7. The van der Waals surface area contributed by atoms with E-state index >= 15 is 0 Å². The van der Waals surface area contributed by atoms with Crippen LogP contribution in [0.1, 0.15) is 22.3 Å². The molecule has 9 aromatic carbocycles. The number of hydrogen-bond donors (Lipinski definition) is 0. The van der Waals surface area contributed by atoms with E-state index in [1.165, 1.54) is 108 Å². The maximum absolute atomic E-state index is 2.53. The number of thiophene rings is 3. The molecule has 2 aliphatic rings. The molecule has 0 fully saturated rings. The third kappa shape index (κ3) is 5.00. The third-order valence-corrected chi connectivity index (χ3v) is 16.6. The second-order valence-corrected chi connectivity index (χ2v) is 19.7. The van der Waals surface area contributed by atoms with Crippen molar-refractivity contribution >= 4 is 108 Å². The smallest absolute Gasteiger partial charge is 0.0999 e. The molecule has 2 nitrogen and oxygen atoms in total. The third-order valence-electron chi connectivity index (χ3n) is 13.6. The van der Waals surface area contributed by atoms with Crippen LogP contribution < -0.4 is 9.80 Å². The van der Waals surface area contributed by atoms with Crippen molar-refractivity contribution in [3.63, 3.8) is 0 Å². The molecule has 3 aromatic heterocycles. The van der Waals surface area contributed by atoms with E-state index in [0.717, 1.165) is 11.4 Å². The summed E-state index contributed by atoms with van der Waals surface area (Å²) in [4.78, 5) is 4.96. The van der Waals surface area contributed by atoms with Gasteiger partial charge in [-0.05, 0) is 127 Å². The number of fused-ring (bicyclic) bond motifs is 16. The molecular weight excluding hydrogens is 833 g/mol. The zero-order valence-electron chi connectivity index (χ0n) is 34.4. The molecule has 0 bridgehead atoms. The van der Waals surface area contributed by atoms with Crippen molar-refractivity contribution in [3.05, 3.63) is 239 Å². The summed E-state index contributed by atoms with van der Waals surface area (Å²) < 4.78 is 2.68. The predicted molar refractivity (Wildman–Crippen MR) is 276 cm³/mol. The number of hydrogen-bond acceptors (Lipinski definition) is 5. The quantitative estimate of drug-likeness (QED) is 0.164. The minimum atomic E-state index is -0.591. The molecule has 0 aliphatic heterocycles. The summed E-state index contributed by atoms with van der Waals surface area (Å²) in [6, 6.07) is 77.4. The average molecular weight is 869 g/mol. The van der Waals surface area contributed by atoms with Gasteiger partial charge in [0, 0.05) is 47.9 Å². The lowest BCUT2D eigenvalue weighted by Crippen LogP contribution is -2.26. The van der Waals surface area contributed by atoms with Crippen molar-refractivity contribution in [2.24, 2.45) is 0 Å². The summed E-state index contributed by atoms with van der Waals surface area (Å²) in [6.45, 7) is 0. The molecule has 14 rings (SSSR count). The number of benzene rings is 9. The molecule has 0 unspecified atom stereocenters. The van der Waals surface area contributed by atoms with Gasteiger partial charge in [0.25, 0.3) is 0 Å². The second-order valence-electron chi connectivity index (χ2n) is 16.8. The first-order chi connectivity index (χ1) is 31.8. The Morgan fingerprint density at radius 2 is 0.906 bits per heavy atom. The van der Waals surface area contributed by atoms with Crippen LogP contribution in [0.5, 0.6) is 0 Å². The Kier molecular flexibility index (Phi) is 7.85. The molecule has 12 aromatic rings. The van der Waals surface area contributed by atoms with Gasteiger partial charge in [-0.3, -0.25) is 0 Å². The minimum absolute atomic E-state index is 0.591. The summed E-state index contributed by atoms with van der Waals surface area (Å²) in [5, 5.41) is 14.3. The maximum atomic E-state index is 2.53. The molecule has 0 amide bonds. The van der Waals surface area contributed by atoms with Gasteiger partial charge in [-0.2, -0.15) is 0 Å². The van der Waals surface area contributed by atoms with Crippen molar-refractivity contribution in [1.29, 1.82) is 0 Å². The molecular formula is C59H36N2S3. The average Bonchev–Trinajstić information content (AvgIpc) is 4.21. The summed E-state index contributed by atoms with van der Waals surface area (Å²) in [7, 11) is 0. The fourth-order valence-corrected chi connectivity index (χ4v) is 13.9. The van der Waals surface area contributed by atoms with Crippen molar-refractivity contribution in [3.8, 4) is 22.3 Å². The van der Waals surface area contributed by atoms with Crippen molar-refractivity contribution in [2.75, 3.05) is 9.80 Å². The lowest BCUT2D eigenvalue weighted by atomic mass is 9.70. The van der Waals surface area contributed by atoms with Crippen LogP contribution in [0, 0.1) is 0 Å². The molecule has 0 saturated heterocycles. The van der Waals surface area contributed by atoms with E-state index in [-0.39, 0.29) is 0 Å². The van der Waals surface area contributed by atoms with Crippen molar-refractivity contribution in [2.45, 2.75) is 5.41 Å². The molecule has 64 heavy (non-hydrogen) atoms. The van der Waals surface area contributed by atoms with Crippen LogP contribution in [0.4, 0.5) is 32.8 Å². The second kappa shape index (κ2) is 13.9. The molecule has 0 saturated carbocycles. The summed E-state index contributed by atoms with van der Waals surface area (Å²) in [5.74, 6) is 0. The zero-order valence-corrected chi connectivity index (χ0v) is 36.9. The normalized spacial score (nSPS) is 13.1. The Hall–Kier alpha value is -7.28. The largest absolute Gasteiger partial charge is 0.301 e. The van der Waals surface area contributed by atoms with E-state index in [1.807, 2.05) is 11.3 Å². The highest BCUT2D eigenvalue weighted by atomic mass is 32.1. The van der Waals surface area contributed by atoms with Gasteiger partial charge in [0.1, 0.15) is 0 Å². The van der Waals surface area contributed by atoms with Gasteiger partial charge in [-0.15, -0.1) is 34.0 Å². The van der Waals surface area contributed by atoms with Crippen LogP contribution in [0.15, 0.2) is 217 Å². The van der Waals surface area contributed by atoms with E-state index in [9.17, 15) is 0 Å². The van der Waals surface area contributed by atoms with Crippen LogP contribution >= 0.6 is 34.0 Å². The fraction of sp³-hybridized carbons (Fsp3) is 0.0169. The van der Waals surface area contributed by atoms with Crippen LogP contribution in [0.3, 0.4) is 0 Å². The van der Waals surface area contributed by atoms with Gasteiger partial charge in [-0.1, -0.05) is 140 Å². The first-order valence-corrected chi connectivity index (χ1v) is 24.3. The van der Waals surface area contributed by atoms with Crippen LogP contribution in [-0.4, -0.2) is 0 Å². The zero-order chi connectivity index (χ0) is 41.9. The van der Waals surface area contributed by atoms with Gasteiger partial charge < -0.3 is 9.80 Å². The topological polar surface area (TPSA) is 6.48 Å². The molecule has 2 aliphatic carbocycles. The van der Waals surface area contributed by atoms with Crippen LogP contribution in [0.2, 0.25) is 0 Å². The summed E-state index contributed by atoms with van der Waals surface area (Å²) in [5.41, 5.74) is 14.6. The van der Waals surface area contributed by atoms with Gasteiger partial charge in [0.15, 0.2) is 0 Å². The first kappa shape index (κ1) is 36.2. The highest BCUT2D eigenvalue weighted by molar-refractivity contribution is 7.26. The maximum Gasteiger partial charge on any atom is 0.0999 e. The lowest BCUT2D eigenvalue weighted by Gasteiger charge is -2.33. The van der Waals surface area contributed by atoms with Crippen molar-refractivity contribution in [1.82, 2.24) is 0 Å². The highest BCUT2D eigenvalue weighted by Crippen LogP contribution is 2.66. The standard InChI is InChI=1S/C59H36N2S3/c1-3-17-41-37(13-1)15-9-22-52(41)60(55-25-11-33-62-55)39-27-29-43-44-30-28-40(61(56-26-12-34-63-56)53-23-10-16-38-14-2-4-18-42(38)53)36-51(44)59(50(43)35-39)48-21-7-5-20-47(48)57-49(59)32-31-46-45-19-6-8-24-54(45)64-58(46)57/h1-36H.